The van der Waals surface area contributed by atoms with Crippen LogP contribution in [0.4, 0.5) is 0 Å². The molecule has 0 heterocycles. The van der Waals surface area contributed by atoms with Crippen molar-refractivity contribution in [2.45, 2.75) is 19.6 Å². The summed E-state index contributed by atoms with van der Waals surface area (Å²) in [5.41, 5.74) is 0. The van der Waals surface area contributed by atoms with Crippen LogP contribution in [0, 0.1) is 6.92 Å². The van der Waals surface area contributed by atoms with E-state index >= 15 is 0 Å². The molecule has 7 heavy (non-hydrogen) atoms. The van der Waals surface area contributed by atoms with Gasteiger partial charge < -0.3 is 5.11 Å². The zero-order chi connectivity index (χ0) is 5.70. The molecule has 1 radical (unpaired) electrons. The minimum atomic E-state index is -0.412. The molecule has 1 unspecified atom stereocenters. The zero-order valence-electron chi connectivity index (χ0n) is 4.65. The molecule has 0 aromatic carbocycles. The monoisotopic (exact) mass is 102 g/mol. The maximum Gasteiger partial charge on any atom is 0.104 e. The van der Waals surface area contributed by atoms with Crippen molar-refractivity contribution >= 4 is 0 Å². The SMILES string of the molecule is [CH2]CC(O)NCC. The first kappa shape index (κ1) is 6.92. The predicted octanol–water partition coefficient (Wildman–Crippen LogP) is 0.138. The molecule has 0 amide bonds. The van der Waals surface area contributed by atoms with Gasteiger partial charge in [-0.25, -0.2) is 0 Å². The maximum atomic E-state index is 8.68. The lowest BCUT2D eigenvalue weighted by Gasteiger charge is -2.05. The Balaban J connectivity index is 2.83. The maximum absolute atomic E-state index is 8.68. The van der Waals surface area contributed by atoms with E-state index in [1.807, 2.05) is 6.92 Å². The standard InChI is InChI=1S/C5H12NO/c1-3-5(7)6-4-2/h5-7H,1,3-4H2,2H3. The Morgan fingerprint density at radius 1 is 1.86 bits per heavy atom. The van der Waals surface area contributed by atoms with Crippen LogP contribution in [0.3, 0.4) is 0 Å². The van der Waals surface area contributed by atoms with Crippen LogP contribution in [0.2, 0.25) is 0 Å². The highest BCUT2D eigenvalue weighted by molar-refractivity contribution is 4.50. The van der Waals surface area contributed by atoms with Crippen molar-refractivity contribution in [2.75, 3.05) is 6.54 Å². The highest BCUT2D eigenvalue weighted by atomic mass is 16.3. The van der Waals surface area contributed by atoms with E-state index in [2.05, 4.69) is 12.2 Å². The topological polar surface area (TPSA) is 32.3 Å². The van der Waals surface area contributed by atoms with E-state index in [1.54, 1.807) is 0 Å². The van der Waals surface area contributed by atoms with Gasteiger partial charge in [0.1, 0.15) is 6.23 Å². The summed E-state index contributed by atoms with van der Waals surface area (Å²) in [6, 6.07) is 0. The molecule has 0 aromatic heterocycles. The number of hydrogen-bond acceptors (Lipinski definition) is 2. The molecule has 0 rings (SSSR count). The lowest BCUT2D eigenvalue weighted by atomic mass is 10.4. The van der Waals surface area contributed by atoms with Crippen LogP contribution in [0.1, 0.15) is 13.3 Å². The normalized spacial score (nSPS) is 14.1. The highest BCUT2D eigenvalue weighted by Crippen LogP contribution is 1.79. The Morgan fingerprint density at radius 3 is 2.57 bits per heavy atom. The molecule has 0 spiro atoms. The van der Waals surface area contributed by atoms with Crippen LogP contribution in [0.25, 0.3) is 0 Å². The minimum Gasteiger partial charge on any atom is -0.379 e. The van der Waals surface area contributed by atoms with Crippen molar-refractivity contribution < 1.29 is 5.11 Å². The average molecular weight is 102 g/mol. The molecule has 0 aliphatic rings. The van der Waals surface area contributed by atoms with Crippen molar-refractivity contribution in [3.8, 4) is 0 Å². The summed E-state index contributed by atoms with van der Waals surface area (Å²) >= 11 is 0. The summed E-state index contributed by atoms with van der Waals surface area (Å²) in [5, 5.41) is 11.5. The molecule has 0 fully saturated rings. The Kier molecular flexibility index (Phi) is 4.04. The Bertz CT molecular complexity index is 39.1. The molecule has 2 N–H and O–H groups in total. The summed E-state index contributed by atoms with van der Waals surface area (Å²) in [5.74, 6) is 0. The Morgan fingerprint density at radius 2 is 2.43 bits per heavy atom. The summed E-state index contributed by atoms with van der Waals surface area (Å²) in [4.78, 5) is 0. The fourth-order valence-corrected chi connectivity index (χ4v) is 0.338. The van der Waals surface area contributed by atoms with Gasteiger partial charge in [0.25, 0.3) is 0 Å². The first-order valence-corrected chi connectivity index (χ1v) is 2.52. The molecular formula is C5H12NO. The van der Waals surface area contributed by atoms with E-state index in [1.165, 1.54) is 0 Å². The molecule has 0 saturated carbocycles. The van der Waals surface area contributed by atoms with Crippen molar-refractivity contribution in [3.05, 3.63) is 6.92 Å². The van der Waals surface area contributed by atoms with Gasteiger partial charge >= 0.3 is 0 Å². The fraction of sp³-hybridized carbons (Fsp3) is 0.800. The van der Waals surface area contributed by atoms with Crippen molar-refractivity contribution in [3.63, 3.8) is 0 Å². The van der Waals surface area contributed by atoms with Gasteiger partial charge in [0.15, 0.2) is 0 Å². The van der Waals surface area contributed by atoms with Crippen molar-refractivity contribution in [1.82, 2.24) is 5.32 Å². The van der Waals surface area contributed by atoms with Gasteiger partial charge in [-0.05, 0) is 19.9 Å². The van der Waals surface area contributed by atoms with E-state index in [9.17, 15) is 0 Å². The van der Waals surface area contributed by atoms with Gasteiger partial charge in [-0.2, -0.15) is 0 Å². The van der Waals surface area contributed by atoms with Gasteiger partial charge in [0.05, 0.1) is 0 Å². The second kappa shape index (κ2) is 4.09. The quantitative estimate of drug-likeness (QED) is 0.497. The summed E-state index contributed by atoms with van der Waals surface area (Å²) < 4.78 is 0. The van der Waals surface area contributed by atoms with Crippen molar-refractivity contribution in [1.29, 1.82) is 0 Å². The van der Waals surface area contributed by atoms with Gasteiger partial charge in [-0.3, -0.25) is 5.32 Å². The van der Waals surface area contributed by atoms with Crippen LogP contribution in [0.5, 0.6) is 0 Å². The lowest BCUT2D eigenvalue weighted by molar-refractivity contribution is 0.142. The summed E-state index contributed by atoms with van der Waals surface area (Å²) in [6.45, 7) is 6.24. The number of hydrogen-bond donors (Lipinski definition) is 2. The van der Waals surface area contributed by atoms with Crippen LogP contribution in [0.15, 0.2) is 0 Å². The molecule has 43 valence electrons. The fourth-order valence-electron chi connectivity index (χ4n) is 0.338. The first-order chi connectivity index (χ1) is 3.31. The zero-order valence-corrected chi connectivity index (χ0v) is 4.65. The van der Waals surface area contributed by atoms with E-state index in [4.69, 9.17) is 5.11 Å². The molecule has 0 saturated heterocycles. The molecular weight excluding hydrogens is 90.1 g/mol. The third-order valence-corrected chi connectivity index (χ3v) is 0.713. The third-order valence-electron chi connectivity index (χ3n) is 0.713. The molecule has 1 atom stereocenters. The van der Waals surface area contributed by atoms with Gasteiger partial charge in [-0.1, -0.05) is 6.92 Å². The molecule has 0 aromatic rings. The van der Waals surface area contributed by atoms with Gasteiger partial charge in [0, 0.05) is 0 Å². The Labute approximate surface area is 44.5 Å². The first-order valence-electron chi connectivity index (χ1n) is 2.52. The molecule has 2 nitrogen and oxygen atoms in total. The molecule has 0 bridgehead atoms. The van der Waals surface area contributed by atoms with E-state index < -0.39 is 6.23 Å². The average Bonchev–Trinajstić information content (AvgIpc) is 1.68. The minimum absolute atomic E-state index is 0.412. The number of rotatable bonds is 3. The molecule has 0 aliphatic carbocycles. The lowest BCUT2D eigenvalue weighted by Crippen LogP contribution is -2.27. The van der Waals surface area contributed by atoms with Crippen LogP contribution < -0.4 is 5.32 Å². The summed E-state index contributed by atoms with van der Waals surface area (Å²) in [6.07, 6.45) is 0.124. The van der Waals surface area contributed by atoms with E-state index in [-0.39, 0.29) is 0 Å². The highest BCUT2D eigenvalue weighted by Gasteiger charge is 1.92. The summed E-state index contributed by atoms with van der Waals surface area (Å²) in [7, 11) is 0. The second-order valence-electron chi connectivity index (χ2n) is 1.36. The number of aliphatic hydroxyl groups excluding tert-OH is 1. The van der Waals surface area contributed by atoms with Crippen LogP contribution >= 0.6 is 0 Å². The second-order valence-corrected chi connectivity index (χ2v) is 1.36. The third kappa shape index (κ3) is 3.76. The molecule has 2 heteroatoms. The van der Waals surface area contributed by atoms with E-state index in [0.717, 1.165) is 6.54 Å². The van der Waals surface area contributed by atoms with E-state index in [0.29, 0.717) is 6.42 Å². The predicted molar refractivity (Wildman–Crippen MR) is 29.7 cm³/mol. The Hall–Kier alpha value is -0.0800. The largest absolute Gasteiger partial charge is 0.379 e. The van der Waals surface area contributed by atoms with Crippen LogP contribution in [-0.4, -0.2) is 17.9 Å². The van der Waals surface area contributed by atoms with Crippen LogP contribution in [-0.2, 0) is 0 Å². The number of aliphatic hydroxyl groups is 1. The van der Waals surface area contributed by atoms with Crippen molar-refractivity contribution in [2.24, 2.45) is 0 Å². The van der Waals surface area contributed by atoms with Gasteiger partial charge in [0.2, 0.25) is 0 Å². The molecule has 0 aliphatic heterocycles. The smallest absolute Gasteiger partial charge is 0.104 e. The van der Waals surface area contributed by atoms with Gasteiger partial charge in [-0.15, -0.1) is 0 Å². The number of nitrogens with one attached hydrogen (secondary N) is 1.